The van der Waals surface area contributed by atoms with Gasteiger partial charge in [0.2, 0.25) is 0 Å². The Balaban J connectivity index is 2.40. The molecule has 0 aliphatic rings. The molecule has 0 heterocycles. The molecular weight excluding hydrogens is 304 g/mol. The average molecular weight is 316 g/mol. The normalized spacial score (nSPS) is 13.8. The van der Waals surface area contributed by atoms with Crippen molar-refractivity contribution in [3.8, 4) is 0 Å². The quantitative estimate of drug-likeness (QED) is 0.571. The minimum absolute atomic E-state index is 0.0896. The predicted molar refractivity (Wildman–Crippen MR) is 61.0 cm³/mol. The summed E-state index contributed by atoms with van der Waals surface area (Å²) >= 11 is 4.18. The van der Waals surface area contributed by atoms with Crippen LogP contribution in [0.1, 0.15) is 12.0 Å². The average Bonchev–Trinajstić information content (AvgIpc) is 2.24. The van der Waals surface area contributed by atoms with E-state index in [-0.39, 0.29) is 5.88 Å². The number of halogens is 4. The Morgan fingerprint density at radius 3 is 2.31 bits per heavy atom. The van der Waals surface area contributed by atoms with Gasteiger partial charge in [0, 0.05) is 0 Å². The van der Waals surface area contributed by atoms with Gasteiger partial charge in [-0.2, -0.15) is 0 Å². The van der Waals surface area contributed by atoms with E-state index in [1.807, 2.05) is 30.3 Å². The molecule has 0 aromatic heterocycles. The molecule has 0 saturated heterocycles. The molecule has 1 aromatic carbocycles. The summed E-state index contributed by atoms with van der Waals surface area (Å²) in [5, 5.41) is -4.05. The van der Waals surface area contributed by atoms with Crippen molar-refractivity contribution in [2.45, 2.75) is 22.7 Å². The van der Waals surface area contributed by atoms with Crippen molar-refractivity contribution in [3.63, 3.8) is 0 Å². The van der Waals surface area contributed by atoms with Crippen LogP contribution in [0.4, 0.5) is 13.2 Å². The third-order valence-corrected chi connectivity index (χ3v) is 4.96. The van der Waals surface area contributed by atoms with Crippen molar-refractivity contribution in [1.82, 2.24) is 0 Å². The molecule has 16 heavy (non-hydrogen) atoms. The summed E-state index contributed by atoms with van der Waals surface area (Å²) in [7, 11) is 0. The van der Waals surface area contributed by atoms with E-state index < -0.39 is 24.8 Å². The van der Waals surface area contributed by atoms with Gasteiger partial charge >= 0.3 is 104 Å². The second-order valence-corrected chi connectivity index (χ2v) is 6.54. The first kappa shape index (κ1) is 13.9. The zero-order chi connectivity index (χ0) is 12.0. The van der Waals surface area contributed by atoms with Crippen LogP contribution in [0.25, 0.3) is 0 Å². The second-order valence-electron chi connectivity index (χ2n) is 3.36. The van der Waals surface area contributed by atoms with Crippen LogP contribution in [0.15, 0.2) is 30.3 Å². The molecule has 90 valence electrons. The van der Waals surface area contributed by atoms with E-state index in [2.05, 4.69) is 0 Å². The van der Waals surface area contributed by atoms with Crippen LogP contribution in [0.3, 0.4) is 0 Å². The molecule has 1 unspecified atom stereocenters. The van der Waals surface area contributed by atoms with Crippen LogP contribution in [0, 0.1) is 0 Å². The summed E-state index contributed by atoms with van der Waals surface area (Å²) in [6.07, 6.45) is 1.17. The van der Waals surface area contributed by atoms with Crippen molar-refractivity contribution >= 4 is 26.6 Å². The van der Waals surface area contributed by atoms with Gasteiger partial charge in [0.25, 0.3) is 0 Å². The van der Waals surface area contributed by atoms with E-state index in [1.54, 1.807) is 0 Å². The molecule has 0 radical (unpaired) electrons. The van der Waals surface area contributed by atoms with E-state index in [4.69, 9.17) is 11.6 Å². The molecule has 0 aliphatic carbocycles. The summed E-state index contributed by atoms with van der Waals surface area (Å²) in [6.45, 7) is 0. The van der Waals surface area contributed by atoms with Crippen LogP contribution in [-0.2, 0) is 6.42 Å². The number of aryl methyl sites for hydroxylation is 1. The SMILES string of the molecule is FC(F)(F)[Se]C(CCl)CCc1ccccc1. The molecule has 5 heteroatoms. The summed E-state index contributed by atoms with van der Waals surface area (Å²) in [5.74, 6) is 0.0896. The fourth-order valence-corrected chi connectivity index (χ4v) is 3.23. The van der Waals surface area contributed by atoms with Crippen LogP contribution >= 0.6 is 11.6 Å². The summed E-state index contributed by atoms with van der Waals surface area (Å²) in [5.41, 5.74) is 1.07. The molecular formula is C11H12ClF3Se. The third kappa shape index (κ3) is 5.78. The molecule has 0 bridgehead atoms. The van der Waals surface area contributed by atoms with E-state index in [1.165, 1.54) is 0 Å². The van der Waals surface area contributed by atoms with Crippen LogP contribution in [0.5, 0.6) is 0 Å². The first-order valence-corrected chi connectivity index (χ1v) is 7.23. The molecule has 1 aromatic rings. The van der Waals surface area contributed by atoms with Gasteiger partial charge < -0.3 is 0 Å². The van der Waals surface area contributed by atoms with Crippen LogP contribution in [0.2, 0.25) is 4.82 Å². The number of alkyl halides is 4. The van der Waals surface area contributed by atoms with Gasteiger partial charge in [0.15, 0.2) is 0 Å². The number of hydrogen-bond donors (Lipinski definition) is 0. The maximum atomic E-state index is 12.2. The van der Waals surface area contributed by atoms with Crippen molar-refractivity contribution in [3.05, 3.63) is 35.9 Å². The Morgan fingerprint density at radius 2 is 1.81 bits per heavy atom. The number of hydrogen-bond acceptors (Lipinski definition) is 0. The van der Waals surface area contributed by atoms with Crippen molar-refractivity contribution in [2.24, 2.45) is 0 Å². The fourth-order valence-electron chi connectivity index (χ4n) is 1.33. The second kappa shape index (κ2) is 6.53. The summed E-state index contributed by atoms with van der Waals surface area (Å²) in [6, 6.07) is 9.51. The minimum atomic E-state index is -4.05. The van der Waals surface area contributed by atoms with Crippen molar-refractivity contribution in [2.75, 3.05) is 5.88 Å². The first-order valence-electron chi connectivity index (χ1n) is 4.85. The first-order chi connectivity index (χ1) is 7.51. The number of benzene rings is 1. The Labute approximate surface area is 104 Å². The van der Waals surface area contributed by atoms with Crippen molar-refractivity contribution in [1.29, 1.82) is 0 Å². The predicted octanol–water partition coefficient (Wildman–Crippen LogP) is 3.87. The van der Waals surface area contributed by atoms with E-state index >= 15 is 0 Å². The Bertz CT molecular complexity index is 300. The summed E-state index contributed by atoms with van der Waals surface area (Å²) in [4.78, 5) is -0.422. The van der Waals surface area contributed by atoms with Gasteiger partial charge in [-0.05, 0) is 0 Å². The van der Waals surface area contributed by atoms with Gasteiger partial charge in [-0.1, -0.05) is 0 Å². The molecule has 0 saturated carbocycles. The molecule has 0 N–H and O–H groups in total. The van der Waals surface area contributed by atoms with Crippen LogP contribution < -0.4 is 0 Å². The maximum absolute atomic E-state index is 12.2. The number of rotatable bonds is 5. The third-order valence-electron chi connectivity index (χ3n) is 2.07. The van der Waals surface area contributed by atoms with E-state index in [0.29, 0.717) is 12.8 Å². The Morgan fingerprint density at radius 1 is 1.19 bits per heavy atom. The van der Waals surface area contributed by atoms with Crippen LogP contribution in [-0.4, -0.2) is 25.9 Å². The zero-order valence-electron chi connectivity index (χ0n) is 8.51. The molecule has 0 spiro atoms. The van der Waals surface area contributed by atoms with E-state index in [0.717, 1.165) is 5.56 Å². The molecule has 0 amide bonds. The zero-order valence-corrected chi connectivity index (χ0v) is 11.0. The molecule has 0 nitrogen and oxygen atoms in total. The van der Waals surface area contributed by atoms with Gasteiger partial charge in [0.1, 0.15) is 0 Å². The van der Waals surface area contributed by atoms with Gasteiger partial charge in [-0.25, -0.2) is 0 Å². The Kier molecular flexibility index (Phi) is 5.67. The molecule has 1 atom stereocenters. The monoisotopic (exact) mass is 316 g/mol. The fraction of sp³-hybridized carbons (Fsp3) is 0.455. The molecule has 1 rings (SSSR count). The summed E-state index contributed by atoms with van der Waals surface area (Å²) < 4.78 is 36.6. The van der Waals surface area contributed by atoms with Gasteiger partial charge in [-0.3, -0.25) is 0 Å². The van der Waals surface area contributed by atoms with Gasteiger partial charge in [-0.15, -0.1) is 0 Å². The Hall–Kier alpha value is -0.181. The van der Waals surface area contributed by atoms with E-state index in [9.17, 15) is 13.2 Å². The van der Waals surface area contributed by atoms with Gasteiger partial charge in [0.05, 0.1) is 0 Å². The topological polar surface area (TPSA) is 0 Å². The molecule has 0 aliphatic heterocycles. The van der Waals surface area contributed by atoms with Crippen molar-refractivity contribution < 1.29 is 13.2 Å². The molecule has 0 fully saturated rings. The standard InChI is InChI=1S/C11H12ClF3Se/c12-8-10(16-11(13,14)15)7-6-9-4-2-1-3-5-9/h1-5,10H,6-8H2.